The molecule has 0 radical (unpaired) electrons. The zero-order valence-corrected chi connectivity index (χ0v) is 17.1. The summed E-state index contributed by atoms with van der Waals surface area (Å²) in [6.45, 7) is 2.06. The summed E-state index contributed by atoms with van der Waals surface area (Å²) in [6.07, 6.45) is 0.659. The van der Waals surface area contributed by atoms with Crippen LogP contribution >= 0.6 is 0 Å². The Balaban J connectivity index is 1.54. The maximum atomic E-state index is 12.3. The van der Waals surface area contributed by atoms with E-state index in [2.05, 4.69) is 10.6 Å². The summed E-state index contributed by atoms with van der Waals surface area (Å²) >= 11 is 0. The summed E-state index contributed by atoms with van der Waals surface area (Å²) in [5.74, 6) is -1.19. The molecule has 2 aromatic rings. The van der Waals surface area contributed by atoms with Gasteiger partial charge in [0, 0.05) is 18.7 Å². The monoisotopic (exact) mass is 425 g/mol. The van der Waals surface area contributed by atoms with Crippen molar-refractivity contribution < 1.29 is 28.7 Å². The van der Waals surface area contributed by atoms with Crippen molar-refractivity contribution in [1.29, 1.82) is 0 Å². The van der Waals surface area contributed by atoms with Crippen molar-refractivity contribution in [2.75, 3.05) is 35.3 Å². The van der Waals surface area contributed by atoms with Crippen molar-refractivity contribution in [1.82, 2.24) is 0 Å². The second-order valence-electron chi connectivity index (χ2n) is 6.71. The van der Waals surface area contributed by atoms with Gasteiger partial charge < -0.3 is 19.7 Å². The summed E-state index contributed by atoms with van der Waals surface area (Å²) in [4.78, 5) is 49.5. The van der Waals surface area contributed by atoms with Gasteiger partial charge in [-0.3, -0.25) is 14.9 Å². The van der Waals surface area contributed by atoms with Crippen molar-refractivity contribution in [2.24, 2.45) is 0 Å². The molecule has 0 atom stereocenters. The molecule has 162 valence electrons. The smallest absolute Gasteiger partial charge is 0.411 e. The van der Waals surface area contributed by atoms with Gasteiger partial charge in [0.25, 0.3) is 5.91 Å². The van der Waals surface area contributed by atoms with Crippen LogP contribution in [0.5, 0.6) is 0 Å². The van der Waals surface area contributed by atoms with Gasteiger partial charge in [0.1, 0.15) is 0 Å². The third-order valence-corrected chi connectivity index (χ3v) is 4.52. The van der Waals surface area contributed by atoms with Crippen LogP contribution in [0.4, 0.5) is 21.9 Å². The molecule has 0 bridgehead atoms. The summed E-state index contributed by atoms with van der Waals surface area (Å²) < 4.78 is 9.84. The molecule has 1 aliphatic rings. The molecule has 2 aromatic carbocycles. The lowest BCUT2D eigenvalue weighted by Crippen LogP contribution is -2.27. The third kappa shape index (κ3) is 5.81. The fourth-order valence-electron chi connectivity index (χ4n) is 3.09. The number of ether oxygens (including phenoxy) is 2. The van der Waals surface area contributed by atoms with Crippen molar-refractivity contribution in [3.05, 3.63) is 54.1 Å². The lowest BCUT2D eigenvalue weighted by Gasteiger charge is -2.19. The number of nitrogens with zero attached hydrogens (tertiary/aromatic N) is 1. The third-order valence-electron chi connectivity index (χ3n) is 4.52. The molecular formula is C22H23N3O6. The molecule has 1 fully saturated rings. The molecule has 0 aromatic heterocycles. The highest BCUT2D eigenvalue weighted by Gasteiger charge is 2.24. The minimum atomic E-state index is -0.680. The molecule has 9 nitrogen and oxygen atoms in total. The number of amides is 3. The van der Waals surface area contributed by atoms with E-state index in [1.807, 2.05) is 0 Å². The van der Waals surface area contributed by atoms with Crippen LogP contribution in [0.1, 0.15) is 30.1 Å². The zero-order chi connectivity index (χ0) is 22.2. The minimum Gasteiger partial charge on any atom is -0.452 e. The van der Waals surface area contributed by atoms with E-state index >= 15 is 0 Å². The van der Waals surface area contributed by atoms with Gasteiger partial charge >= 0.3 is 12.1 Å². The summed E-state index contributed by atoms with van der Waals surface area (Å²) in [6, 6.07) is 13.0. The van der Waals surface area contributed by atoms with Gasteiger partial charge in [0.05, 0.1) is 23.5 Å². The zero-order valence-electron chi connectivity index (χ0n) is 17.1. The molecule has 0 aliphatic carbocycles. The van der Waals surface area contributed by atoms with Gasteiger partial charge in [0.15, 0.2) is 6.61 Å². The van der Waals surface area contributed by atoms with E-state index in [0.717, 1.165) is 6.42 Å². The van der Waals surface area contributed by atoms with Gasteiger partial charge in [0.2, 0.25) is 5.91 Å². The molecule has 0 saturated carbocycles. The van der Waals surface area contributed by atoms with E-state index < -0.39 is 24.6 Å². The standard InChI is InChI=1S/C22H23N3O6/c1-2-30-22(29)23-16-11-9-15(10-12-16)21(28)31-14-19(26)24-17-6-3-4-7-18(17)25-13-5-8-20(25)27/h3-4,6-7,9-12H,2,5,8,13-14H2,1H3,(H,23,29)(H,24,26). The average molecular weight is 425 g/mol. The Labute approximate surface area is 179 Å². The fraction of sp³-hybridized carbons (Fsp3) is 0.273. The molecule has 31 heavy (non-hydrogen) atoms. The van der Waals surface area contributed by atoms with Gasteiger partial charge in [-0.25, -0.2) is 9.59 Å². The van der Waals surface area contributed by atoms with E-state index in [1.165, 1.54) is 24.3 Å². The molecule has 2 N–H and O–H groups in total. The minimum absolute atomic E-state index is 0.00835. The second-order valence-corrected chi connectivity index (χ2v) is 6.71. The number of esters is 1. The lowest BCUT2D eigenvalue weighted by molar-refractivity contribution is -0.119. The van der Waals surface area contributed by atoms with Crippen LogP contribution in [0.2, 0.25) is 0 Å². The van der Waals surface area contributed by atoms with Crippen LogP contribution in [0.3, 0.4) is 0 Å². The van der Waals surface area contributed by atoms with Crippen LogP contribution in [0.25, 0.3) is 0 Å². The average Bonchev–Trinajstić information content (AvgIpc) is 3.19. The Kier molecular flexibility index (Phi) is 7.21. The Morgan fingerprint density at radius 1 is 1.00 bits per heavy atom. The molecule has 1 heterocycles. The molecule has 1 saturated heterocycles. The van der Waals surface area contributed by atoms with Crippen molar-refractivity contribution >= 4 is 40.9 Å². The Morgan fingerprint density at radius 3 is 2.42 bits per heavy atom. The molecular weight excluding hydrogens is 402 g/mol. The highest BCUT2D eigenvalue weighted by molar-refractivity contribution is 6.03. The first-order chi connectivity index (χ1) is 15.0. The number of carbonyl (C=O) groups excluding carboxylic acids is 4. The van der Waals surface area contributed by atoms with Gasteiger partial charge in [-0.05, 0) is 49.7 Å². The highest BCUT2D eigenvalue weighted by atomic mass is 16.5. The predicted molar refractivity (Wildman–Crippen MR) is 114 cm³/mol. The number of nitrogens with one attached hydrogen (secondary N) is 2. The number of hydrogen-bond donors (Lipinski definition) is 2. The first-order valence-electron chi connectivity index (χ1n) is 9.88. The summed E-state index contributed by atoms with van der Waals surface area (Å²) in [5, 5.41) is 5.20. The van der Waals surface area contributed by atoms with Crippen LogP contribution in [0, 0.1) is 0 Å². The fourth-order valence-corrected chi connectivity index (χ4v) is 3.09. The number of anilines is 3. The molecule has 0 spiro atoms. The Hall–Kier alpha value is -3.88. The molecule has 0 unspecified atom stereocenters. The van der Waals surface area contributed by atoms with E-state index in [4.69, 9.17) is 9.47 Å². The Morgan fingerprint density at radius 2 is 1.74 bits per heavy atom. The molecule has 1 aliphatic heterocycles. The lowest BCUT2D eigenvalue weighted by atomic mass is 10.2. The number of rotatable bonds is 7. The van der Waals surface area contributed by atoms with Gasteiger partial charge in [-0.2, -0.15) is 0 Å². The summed E-state index contributed by atoms with van der Waals surface area (Å²) in [7, 11) is 0. The maximum absolute atomic E-state index is 12.3. The van der Waals surface area contributed by atoms with E-state index in [1.54, 1.807) is 36.1 Å². The van der Waals surface area contributed by atoms with Crippen LogP contribution in [0.15, 0.2) is 48.5 Å². The SMILES string of the molecule is CCOC(=O)Nc1ccc(C(=O)OCC(=O)Nc2ccccc2N2CCCC2=O)cc1. The van der Waals surface area contributed by atoms with Crippen molar-refractivity contribution in [3.8, 4) is 0 Å². The first-order valence-corrected chi connectivity index (χ1v) is 9.88. The molecule has 9 heteroatoms. The summed E-state index contributed by atoms with van der Waals surface area (Å²) in [5.41, 5.74) is 1.79. The number of carbonyl (C=O) groups is 4. The van der Waals surface area contributed by atoms with E-state index in [-0.39, 0.29) is 18.1 Å². The quantitative estimate of drug-likeness (QED) is 0.659. The van der Waals surface area contributed by atoms with Crippen LogP contribution in [-0.2, 0) is 19.1 Å². The molecule has 3 rings (SSSR count). The predicted octanol–water partition coefficient (Wildman–Crippen LogP) is 3.18. The topological polar surface area (TPSA) is 114 Å². The number of benzene rings is 2. The van der Waals surface area contributed by atoms with Gasteiger partial charge in [-0.15, -0.1) is 0 Å². The van der Waals surface area contributed by atoms with E-state index in [0.29, 0.717) is 30.0 Å². The van der Waals surface area contributed by atoms with Gasteiger partial charge in [-0.1, -0.05) is 12.1 Å². The normalized spacial score (nSPS) is 12.9. The largest absolute Gasteiger partial charge is 0.452 e. The maximum Gasteiger partial charge on any atom is 0.411 e. The number of hydrogen-bond acceptors (Lipinski definition) is 6. The van der Waals surface area contributed by atoms with Crippen molar-refractivity contribution in [3.63, 3.8) is 0 Å². The Bertz CT molecular complexity index is 973. The second kappa shape index (κ2) is 10.2. The van der Waals surface area contributed by atoms with Crippen molar-refractivity contribution in [2.45, 2.75) is 19.8 Å². The van der Waals surface area contributed by atoms with Crippen LogP contribution in [-0.4, -0.2) is 43.6 Å². The van der Waals surface area contributed by atoms with E-state index in [9.17, 15) is 19.2 Å². The molecule has 3 amide bonds. The van der Waals surface area contributed by atoms with Crippen LogP contribution < -0.4 is 15.5 Å². The first kappa shape index (κ1) is 21.8. The number of para-hydroxylation sites is 2. The highest BCUT2D eigenvalue weighted by Crippen LogP contribution is 2.29.